The van der Waals surface area contributed by atoms with E-state index >= 15 is 0 Å². The number of hydrogen-bond donors (Lipinski definition) is 1. The molecule has 0 atom stereocenters. The smallest absolute Gasteiger partial charge is 0.254 e. The normalized spacial score (nSPS) is 14.1. The number of likely N-dealkylation sites (tertiary alicyclic amines) is 1. The van der Waals surface area contributed by atoms with Crippen molar-refractivity contribution in [3.8, 4) is 11.3 Å². The fraction of sp³-hybridized carbons (Fsp3) is 0.360. The molecule has 0 unspecified atom stereocenters. The van der Waals surface area contributed by atoms with Crippen molar-refractivity contribution in [2.75, 3.05) is 26.7 Å². The molecule has 1 saturated heterocycles. The predicted octanol–water partition coefficient (Wildman–Crippen LogP) is 5.52. The molecule has 0 bridgehead atoms. The van der Waals surface area contributed by atoms with Crippen LogP contribution in [-0.4, -0.2) is 42.5 Å². The minimum Gasteiger partial charge on any atom is -0.339 e. The third-order valence-corrected chi connectivity index (χ3v) is 6.00. The summed E-state index contributed by atoms with van der Waals surface area (Å²) in [4.78, 5) is 20.3. The molecule has 0 radical (unpaired) electrons. The van der Waals surface area contributed by atoms with Crippen molar-refractivity contribution in [2.24, 2.45) is 5.92 Å². The SMILES string of the molecule is CNCCC1CCN(C(=O)c2cc(-c3ccc(C)cc3)nc3ccccc23)CC1.Cl.Cl. The number of aromatic nitrogens is 1. The Bertz CT molecular complexity index is 999. The van der Waals surface area contributed by atoms with Gasteiger partial charge in [-0.1, -0.05) is 48.0 Å². The average Bonchev–Trinajstić information content (AvgIpc) is 2.77. The third-order valence-electron chi connectivity index (χ3n) is 6.00. The van der Waals surface area contributed by atoms with Gasteiger partial charge in [0, 0.05) is 24.0 Å². The van der Waals surface area contributed by atoms with Crippen molar-refractivity contribution < 1.29 is 4.79 Å². The first-order valence-electron chi connectivity index (χ1n) is 10.6. The van der Waals surface area contributed by atoms with Crippen molar-refractivity contribution in [1.82, 2.24) is 15.2 Å². The molecule has 0 spiro atoms. The molecule has 4 rings (SSSR count). The first kappa shape index (κ1) is 25.1. The van der Waals surface area contributed by atoms with Crippen LogP contribution in [0.3, 0.4) is 0 Å². The van der Waals surface area contributed by atoms with Crippen molar-refractivity contribution in [1.29, 1.82) is 0 Å². The topological polar surface area (TPSA) is 45.2 Å². The fourth-order valence-electron chi connectivity index (χ4n) is 4.17. The quantitative estimate of drug-likeness (QED) is 0.546. The van der Waals surface area contributed by atoms with E-state index in [4.69, 9.17) is 4.98 Å². The van der Waals surface area contributed by atoms with Gasteiger partial charge in [-0.25, -0.2) is 4.98 Å². The van der Waals surface area contributed by atoms with E-state index in [0.29, 0.717) is 5.92 Å². The molecular formula is C25H31Cl2N3O. The van der Waals surface area contributed by atoms with E-state index in [1.165, 1.54) is 12.0 Å². The highest BCUT2D eigenvalue weighted by Crippen LogP contribution is 2.28. The zero-order valence-electron chi connectivity index (χ0n) is 18.1. The van der Waals surface area contributed by atoms with Crippen LogP contribution in [0.4, 0.5) is 0 Å². The zero-order valence-corrected chi connectivity index (χ0v) is 19.8. The lowest BCUT2D eigenvalue weighted by Gasteiger charge is -2.32. The first-order chi connectivity index (χ1) is 14.2. The number of piperidine rings is 1. The standard InChI is InChI=1S/C25H29N3O.2ClH/c1-18-7-9-20(10-8-18)24-17-22(21-5-3-4-6-23(21)27-24)25(29)28-15-12-19(13-16-28)11-14-26-2;;/h3-10,17,19,26H,11-16H2,1-2H3;2*1H. The second kappa shape index (κ2) is 11.5. The monoisotopic (exact) mass is 459 g/mol. The van der Waals surface area contributed by atoms with Gasteiger partial charge in [0.05, 0.1) is 16.8 Å². The maximum atomic E-state index is 13.5. The number of pyridine rings is 1. The number of rotatable bonds is 5. The number of hydrogen-bond acceptors (Lipinski definition) is 3. The summed E-state index contributed by atoms with van der Waals surface area (Å²) < 4.78 is 0. The second-order valence-corrected chi connectivity index (χ2v) is 8.07. The molecule has 1 aliphatic rings. The van der Waals surface area contributed by atoms with Gasteiger partial charge in [0.2, 0.25) is 0 Å². The van der Waals surface area contributed by atoms with Gasteiger partial charge < -0.3 is 10.2 Å². The summed E-state index contributed by atoms with van der Waals surface area (Å²) in [6, 6.07) is 18.3. The Morgan fingerprint density at radius 2 is 1.74 bits per heavy atom. The predicted molar refractivity (Wildman–Crippen MR) is 134 cm³/mol. The summed E-state index contributed by atoms with van der Waals surface area (Å²) in [6.45, 7) is 4.80. The Labute approximate surface area is 197 Å². The molecule has 1 aliphatic heterocycles. The lowest BCUT2D eigenvalue weighted by atomic mass is 9.93. The van der Waals surface area contributed by atoms with Crippen LogP contribution in [0.1, 0.15) is 35.2 Å². The number of carbonyl (C=O) groups is 1. The summed E-state index contributed by atoms with van der Waals surface area (Å²) in [5.74, 6) is 0.841. The van der Waals surface area contributed by atoms with E-state index in [9.17, 15) is 4.79 Å². The molecule has 1 fully saturated rings. The number of amides is 1. The second-order valence-electron chi connectivity index (χ2n) is 8.07. The largest absolute Gasteiger partial charge is 0.339 e. The lowest BCUT2D eigenvalue weighted by molar-refractivity contribution is 0.0689. The van der Waals surface area contributed by atoms with Crippen LogP contribution in [0.25, 0.3) is 22.2 Å². The molecule has 2 aromatic carbocycles. The van der Waals surface area contributed by atoms with Crippen LogP contribution >= 0.6 is 24.8 Å². The highest BCUT2D eigenvalue weighted by atomic mass is 35.5. The summed E-state index contributed by atoms with van der Waals surface area (Å²) in [5.41, 5.74) is 4.75. The highest BCUT2D eigenvalue weighted by Gasteiger charge is 2.25. The molecule has 31 heavy (non-hydrogen) atoms. The Morgan fingerprint density at radius 1 is 1.06 bits per heavy atom. The molecule has 1 aromatic heterocycles. The lowest BCUT2D eigenvalue weighted by Crippen LogP contribution is -2.39. The summed E-state index contributed by atoms with van der Waals surface area (Å²) >= 11 is 0. The summed E-state index contributed by atoms with van der Waals surface area (Å²) in [5, 5.41) is 4.17. The van der Waals surface area contributed by atoms with Gasteiger partial charge in [-0.05, 0) is 57.8 Å². The van der Waals surface area contributed by atoms with Gasteiger partial charge >= 0.3 is 0 Å². The van der Waals surface area contributed by atoms with Crippen LogP contribution in [-0.2, 0) is 0 Å². The van der Waals surface area contributed by atoms with Crippen molar-refractivity contribution >= 4 is 41.6 Å². The fourth-order valence-corrected chi connectivity index (χ4v) is 4.17. The van der Waals surface area contributed by atoms with E-state index in [0.717, 1.165) is 60.2 Å². The van der Waals surface area contributed by atoms with E-state index in [1.54, 1.807) is 0 Å². The van der Waals surface area contributed by atoms with Crippen molar-refractivity contribution in [3.05, 3.63) is 65.7 Å². The Morgan fingerprint density at radius 3 is 2.42 bits per heavy atom. The minimum atomic E-state index is 0. The minimum absolute atomic E-state index is 0. The Kier molecular flexibility index (Phi) is 9.30. The number of halogens is 2. The third kappa shape index (κ3) is 5.76. The first-order valence-corrected chi connectivity index (χ1v) is 10.6. The van der Waals surface area contributed by atoms with Gasteiger partial charge in [0.15, 0.2) is 0 Å². The van der Waals surface area contributed by atoms with E-state index in [-0.39, 0.29) is 30.7 Å². The number of fused-ring (bicyclic) bond motifs is 1. The maximum Gasteiger partial charge on any atom is 0.254 e. The summed E-state index contributed by atoms with van der Waals surface area (Å²) in [6.07, 6.45) is 3.36. The average molecular weight is 460 g/mol. The number of para-hydroxylation sites is 1. The van der Waals surface area contributed by atoms with Crippen molar-refractivity contribution in [3.63, 3.8) is 0 Å². The molecular weight excluding hydrogens is 429 g/mol. The number of benzene rings is 2. The Hall–Kier alpha value is -2.14. The molecule has 4 nitrogen and oxygen atoms in total. The highest BCUT2D eigenvalue weighted by molar-refractivity contribution is 6.07. The molecule has 1 N–H and O–H groups in total. The van der Waals surface area contributed by atoms with Crippen molar-refractivity contribution in [2.45, 2.75) is 26.2 Å². The summed E-state index contributed by atoms with van der Waals surface area (Å²) in [7, 11) is 2.00. The van der Waals surface area contributed by atoms with E-state index < -0.39 is 0 Å². The molecule has 0 saturated carbocycles. The molecule has 1 amide bonds. The van der Waals surface area contributed by atoms with Gasteiger partial charge in [-0.2, -0.15) is 0 Å². The van der Waals surface area contributed by atoms with Gasteiger partial charge in [-0.15, -0.1) is 24.8 Å². The van der Waals surface area contributed by atoms with Gasteiger partial charge in [-0.3, -0.25) is 4.79 Å². The zero-order chi connectivity index (χ0) is 20.2. The van der Waals surface area contributed by atoms with Crippen LogP contribution in [0, 0.1) is 12.8 Å². The molecule has 6 heteroatoms. The maximum absolute atomic E-state index is 13.5. The van der Waals surface area contributed by atoms with Crippen LogP contribution in [0.2, 0.25) is 0 Å². The van der Waals surface area contributed by atoms with Gasteiger partial charge in [0.1, 0.15) is 0 Å². The molecule has 2 heterocycles. The van der Waals surface area contributed by atoms with Gasteiger partial charge in [0.25, 0.3) is 5.91 Å². The Balaban J connectivity index is 0.00000171. The van der Waals surface area contributed by atoms with E-state index in [2.05, 4.69) is 36.5 Å². The van der Waals surface area contributed by atoms with Crippen LogP contribution in [0.15, 0.2) is 54.6 Å². The number of nitrogens with zero attached hydrogens (tertiary/aromatic N) is 2. The van der Waals surface area contributed by atoms with Crippen LogP contribution < -0.4 is 5.32 Å². The number of carbonyl (C=O) groups excluding carboxylic acids is 1. The van der Waals surface area contributed by atoms with E-state index in [1.807, 2.05) is 42.3 Å². The molecule has 0 aliphatic carbocycles. The van der Waals surface area contributed by atoms with Crippen LogP contribution in [0.5, 0.6) is 0 Å². The number of nitrogens with one attached hydrogen (secondary N) is 1. The number of aryl methyl sites for hydroxylation is 1. The molecule has 166 valence electrons. The molecule has 3 aromatic rings.